The molecule has 0 saturated carbocycles. The van der Waals surface area contributed by atoms with E-state index < -0.39 is 15.8 Å². The minimum Gasteiger partial charge on any atom is -0.363 e. The highest BCUT2D eigenvalue weighted by Crippen LogP contribution is 1.96. The zero-order chi connectivity index (χ0) is 6.73. The van der Waals surface area contributed by atoms with Crippen LogP contribution < -0.4 is 5.73 Å². The number of nitrogens with two attached hydrogens (primary N) is 1. The molecule has 5 nitrogen and oxygen atoms in total. The van der Waals surface area contributed by atoms with Gasteiger partial charge in [-0.1, -0.05) is 0 Å². The molecule has 6 heteroatoms. The summed E-state index contributed by atoms with van der Waals surface area (Å²) in [5.74, 6) is -0.991. The first-order valence-electron chi connectivity index (χ1n) is 1.62. The van der Waals surface area contributed by atoms with Crippen molar-refractivity contribution in [1.29, 1.82) is 0 Å². The SMILES string of the molecule is NC(=O)C(Br)[N+](=O)[O-]. The maximum absolute atomic E-state index is 9.87. The van der Waals surface area contributed by atoms with Gasteiger partial charge in [0.1, 0.15) is 0 Å². The number of amides is 1. The van der Waals surface area contributed by atoms with Gasteiger partial charge in [-0.25, -0.2) is 0 Å². The van der Waals surface area contributed by atoms with E-state index in [4.69, 9.17) is 0 Å². The average molecular weight is 183 g/mol. The summed E-state index contributed by atoms with van der Waals surface area (Å²) in [6.07, 6.45) is 0. The molecule has 0 aromatic heterocycles. The maximum Gasteiger partial charge on any atom is 0.342 e. The Bertz CT molecular complexity index is 110. The molecule has 0 fully saturated rings. The Labute approximate surface area is 53.1 Å². The van der Waals surface area contributed by atoms with E-state index in [2.05, 4.69) is 21.7 Å². The summed E-state index contributed by atoms with van der Waals surface area (Å²) < 4.78 is 0. The Morgan fingerprint density at radius 3 is 2.25 bits per heavy atom. The summed E-state index contributed by atoms with van der Waals surface area (Å²) in [6.45, 7) is 0. The van der Waals surface area contributed by atoms with Gasteiger partial charge in [0.25, 0.3) is 0 Å². The molecule has 0 aliphatic rings. The third kappa shape index (κ3) is 1.87. The van der Waals surface area contributed by atoms with Gasteiger partial charge < -0.3 is 5.73 Å². The second kappa shape index (κ2) is 2.61. The largest absolute Gasteiger partial charge is 0.363 e. The van der Waals surface area contributed by atoms with Gasteiger partial charge in [0.2, 0.25) is 0 Å². The Hall–Kier alpha value is -0.650. The van der Waals surface area contributed by atoms with Crippen LogP contribution >= 0.6 is 15.9 Å². The summed E-state index contributed by atoms with van der Waals surface area (Å²) in [5, 5.41) is 9.60. The van der Waals surface area contributed by atoms with E-state index in [1.54, 1.807) is 0 Å². The molecular formula is C2H3BrN2O3. The van der Waals surface area contributed by atoms with E-state index in [9.17, 15) is 14.9 Å². The van der Waals surface area contributed by atoms with Gasteiger partial charge in [-0.15, -0.1) is 0 Å². The summed E-state index contributed by atoms with van der Waals surface area (Å²) >= 11 is 2.43. The number of rotatable bonds is 2. The van der Waals surface area contributed by atoms with Crippen molar-refractivity contribution in [3.63, 3.8) is 0 Å². The van der Waals surface area contributed by atoms with Crippen molar-refractivity contribution in [2.24, 2.45) is 5.73 Å². The van der Waals surface area contributed by atoms with Gasteiger partial charge in [-0.2, -0.15) is 0 Å². The summed E-state index contributed by atoms with van der Waals surface area (Å²) in [7, 11) is 0. The van der Waals surface area contributed by atoms with Crippen LogP contribution in [0, 0.1) is 10.1 Å². The van der Waals surface area contributed by atoms with Crippen molar-refractivity contribution < 1.29 is 9.72 Å². The highest BCUT2D eigenvalue weighted by molar-refractivity contribution is 9.09. The molecule has 8 heavy (non-hydrogen) atoms. The fourth-order valence-corrected chi connectivity index (χ4v) is 0.104. The highest BCUT2D eigenvalue weighted by atomic mass is 79.9. The minimum atomic E-state index is -1.46. The van der Waals surface area contributed by atoms with Crippen LogP contribution in [0.25, 0.3) is 0 Å². The van der Waals surface area contributed by atoms with Crippen LogP contribution in [-0.2, 0) is 4.79 Å². The molecule has 0 spiro atoms. The molecule has 0 rings (SSSR count). The zero-order valence-electron chi connectivity index (χ0n) is 3.70. The van der Waals surface area contributed by atoms with Crippen molar-refractivity contribution >= 4 is 21.8 Å². The van der Waals surface area contributed by atoms with Crippen LogP contribution in [0.15, 0.2) is 0 Å². The molecule has 0 saturated heterocycles. The molecule has 0 aromatic carbocycles. The smallest absolute Gasteiger partial charge is 0.342 e. The van der Waals surface area contributed by atoms with E-state index in [1.165, 1.54) is 0 Å². The summed E-state index contributed by atoms with van der Waals surface area (Å²) in [6, 6.07) is 0. The number of nitrogens with zero attached hydrogens (tertiary/aromatic N) is 1. The molecule has 0 aromatic rings. The Kier molecular flexibility index (Phi) is 2.40. The molecule has 46 valence electrons. The molecule has 0 aliphatic carbocycles. The lowest BCUT2D eigenvalue weighted by Gasteiger charge is -1.91. The van der Waals surface area contributed by atoms with Crippen LogP contribution in [0.3, 0.4) is 0 Å². The van der Waals surface area contributed by atoms with Crippen molar-refractivity contribution in [1.82, 2.24) is 0 Å². The number of alkyl halides is 1. The average Bonchev–Trinajstić information content (AvgIpc) is 1.64. The van der Waals surface area contributed by atoms with Crippen LogP contribution in [-0.4, -0.2) is 15.8 Å². The molecular weight excluding hydrogens is 180 g/mol. The van der Waals surface area contributed by atoms with Crippen molar-refractivity contribution in [2.75, 3.05) is 0 Å². The summed E-state index contributed by atoms with van der Waals surface area (Å²) in [5.41, 5.74) is 4.51. The number of hydrogen-bond donors (Lipinski definition) is 1. The Morgan fingerprint density at radius 2 is 2.25 bits per heavy atom. The molecule has 2 N–H and O–H groups in total. The number of hydrogen-bond acceptors (Lipinski definition) is 3. The first-order chi connectivity index (χ1) is 3.55. The predicted molar refractivity (Wildman–Crippen MR) is 28.9 cm³/mol. The Morgan fingerprint density at radius 1 is 1.88 bits per heavy atom. The van der Waals surface area contributed by atoms with Gasteiger partial charge in [-0.3, -0.25) is 14.9 Å². The standard InChI is InChI=1S/C2H3BrN2O3/c3-1(2(4)6)5(7)8/h1H,(H2,4,6). The van der Waals surface area contributed by atoms with Crippen molar-refractivity contribution in [2.45, 2.75) is 4.95 Å². The van der Waals surface area contributed by atoms with E-state index in [-0.39, 0.29) is 0 Å². The number of halogens is 1. The first kappa shape index (κ1) is 7.35. The molecule has 0 aliphatic heterocycles. The minimum absolute atomic E-state index is 0.817. The quantitative estimate of drug-likeness (QED) is 0.270. The monoisotopic (exact) mass is 182 g/mol. The Balaban J connectivity index is 3.83. The third-order valence-corrected chi connectivity index (χ3v) is 1.21. The molecule has 1 unspecified atom stereocenters. The lowest BCUT2D eigenvalue weighted by molar-refractivity contribution is -0.479. The number of nitro groups is 1. The fourth-order valence-electron chi connectivity index (χ4n) is 0.104. The fraction of sp³-hybridized carbons (Fsp3) is 0.500. The highest BCUT2D eigenvalue weighted by Gasteiger charge is 2.21. The second-order valence-corrected chi connectivity index (χ2v) is 1.89. The van der Waals surface area contributed by atoms with Gasteiger partial charge in [0, 0.05) is 20.9 Å². The normalized spacial score (nSPS) is 12.6. The van der Waals surface area contributed by atoms with Gasteiger partial charge in [-0.05, 0) is 0 Å². The van der Waals surface area contributed by atoms with Gasteiger partial charge in [0.15, 0.2) is 0 Å². The predicted octanol–water partition coefficient (Wildman–Crippen LogP) is -0.531. The molecule has 1 amide bonds. The van der Waals surface area contributed by atoms with Gasteiger partial charge in [0.05, 0.1) is 0 Å². The molecule has 0 heterocycles. The van der Waals surface area contributed by atoms with Crippen molar-refractivity contribution in [3.8, 4) is 0 Å². The maximum atomic E-state index is 9.87. The number of carbonyl (C=O) groups is 1. The van der Waals surface area contributed by atoms with Crippen LogP contribution in [0.2, 0.25) is 0 Å². The number of carbonyl (C=O) groups excluding carboxylic acids is 1. The van der Waals surface area contributed by atoms with Crippen LogP contribution in [0.1, 0.15) is 0 Å². The third-order valence-electron chi connectivity index (χ3n) is 0.420. The van der Waals surface area contributed by atoms with Crippen LogP contribution in [0.4, 0.5) is 0 Å². The van der Waals surface area contributed by atoms with E-state index in [0.29, 0.717) is 0 Å². The lowest BCUT2D eigenvalue weighted by atomic mass is 10.6. The van der Waals surface area contributed by atoms with E-state index >= 15 is 0 Å². The van der Waals surface area contributed by atoms with Crippen LogP contribution in [0.5, 0.6) is 0 Å². The molecule has 1 atom stereocenters. The molecule has 0 bridgehead atoms. The van der Waals surface area contributed by atoms with Crippen molar-refractivity contribution in [3.05, 3.63) is 10.1 Å². The first-order valence-corrected chi connectivity index (χ1v) is 2.54. The summed E-state index contributed by atoms with van der Waals surface area (Å²) in [4.78, 5) is 17.2. The number of primary amides is 1. The van der Waals surface area contributed by atoms with E-state index in [1.807, 2.05) is 0 Å². The van der Waals surface area contributed by atoms with E-state index in [0.717, 1.165) is 0 Å². The topological polar surface area (TPSA) is 86.2 Å². The zero-order valence-corrected chi connectivity index (χ0v) is 5.29. The van der Waals surface area contributed by atoms with Gasteiger partial charge >= 0.3 is 10.9 Å². The second-order valence-electron chi connectivity index (χ2n) is 1.02. The lowest BCUT2D eigenvalue weighted by Crippen LogP contribution is -2.29. The molecule has 0 radical (unpaired) electrons.